The second kappa shape index (κ2) is 9.16. The summed E-state index contributed by atoms with van der Waals surface area (Å²) < 4.78 is 5.18. The standard InChI is InChI=1S/C31H18N4Se2/c32-18-21(31-33-19-24-23-8-2-1-7-20(23)13-15-25(24)34-31)17-22-14-16-30(36-22)35-26-9-3-5-11-28(26)37-29-12-6-4-10-27(29)35/h1-17,19H/b21-17+. The van der Waals surface area contributed by atoms with Crippen molar-refractivity contribution in [3.8, 4) is 6.07 Å². The first-order valence-corrected chi connectivity index (χ1v) is 15.2. The molecule has 0 amide bonds. The first kappa shape index (κ1) is 22.2. The number of aromatic nitrogens is 2. The number of hydrogen-bond acceptors (Lipinski definition) is 4. The summed E-state index contributed by atoms with van der Waals surface area (Å²) in [5, 5.41) is 13.3. The number of nitrogens with zero attached hydrogens (tertiary/aromatic N) is 4. The van der Waals surface area contributed by atoms with Gasteiger partial charge in [0.05, 0.1) is 0 Å². The van der Waals surface area contributed by atoms with Crippen LogP contribution in [-0.2, 0) is 0 Å². The van der Waals surface area contributed by atoms with E-state index in [1.54, 1.807) is 0 Å². The summed E-state index contributed by atoms with van der Waals surface area (Å²) >= 11 is 0.332. The molecule has 0 spiro atoms. The molecule has 0 unspecified atom stereocenters. The van der Waals surface area contributed by atoms with Crippen molar-refractivity contribution in [2.45, 2.75) is 0 Å². The molecule has 2 aromatic heterocycles. The minimum atomic E-state index is 0.0414. The van der Waals surface area contributed by atoms with Crippen molar-refractivity contribution >= 4 is 87.6 Å². The Hall–Kier alpha value is -3.97. The number of rotatable bonds is 3. The van der Waals surface area contributed by atoms with Crippen LogP contribution >= 0.6 is 0 Å². The Bertz CT molecular complexity index is 1850. The van der Waals surface area contributed by atoms with Crippen LogP contribution in [0, 0.1) is 11.3 Å². The molecule has 0 N–H and O–H groups in total. The van der Waals surface area contributed by atoms with Gasteiger partial charge < -0.3 is 0 Å². The van der Waals surface area contributed by atoms with Crippen LogP contribution in [-0.4, -0.2) is 39.4 Å². The number of para-hydroxylation sites is 2. The summed E-state index contributed by atoms with van der Waals surface area (Å²) in [6, 6.07) is 36.3. The molecular weight excluding hydrogens is 586 g/mol. The Morgan fingerprint density at radius 3 is 2.30 bits per heavy atom. The molecule has 0 atom stereocenters. The predicted molar refractivity (Wildman–Crippen MR) is 154 cm³/mol. The number of allylic oxidation sites excluding steroid dienone is 1. The Morgan fingerprint density at radius 2 is 1.51 bits per heavy atom. The predicted octanol–water partition coefficient (Wildman–Crippen LogP) is 5.34. The van der Waals surface area contributed by atoms with Crippen molar-refractivity contribution < 1.29 is 0 Å². The topological polar surface area (TPSA) is 52.8 Å². The molecule has 1 aliphatic heterocycles. The number of anilines is 3. The van der Waals surface area contributed by atoms with Gasteiger partial charge in [-0.05, 0) is 0 Å². The fourth-order valence-electron chi connectivity index (χ4n) is 4.69. The fourth-order valence-corrected chi connectivity index (χ4v) is 8.96. The van der Waals surface area contributed by atoms with Gasteiger partial charge in [-0.2, -0.15) is 0 Å². The number of fused-ring (bicyclic) bond motifs is 5. The van der Waals surface area contributed by atoms with Crippen LogP contribution in [0.5, 0.6) is 0 Å². The first-order chi connectivity index (χ1) is 18.3. The molecule has 4 aromatic carbocycles. The van der Waals surface area contributed by atoms with Crippen molar-refractivity contribution in [2.24, 2.45) is 0 Å². The third-order valence-electron chi connectivity index (χ3n) is 6.40. The maximum absolute atomic E-state index is 10.0. The van der Waals surface area contributed by atoms with E-state index in [9.17, 15) is 5.26 Å². The minimum absolute atomic E-state index is 0.0414. The van der Waals surface area contributed by atoms with Crippen LogP contribution in [0.25, 0.3) is 33.3 Å². The molecule has 0 bridgehead atoms. The molecule has 37 heavy (non-hydrogen) atoms. The molecule has 174 valence electrons. The maximum atomic E-state index is 10.0. The van der Waals surface area contributed by atoms with Crippen LogP contribution < -0.4 is 13.8 Å². The summed E-state index contributed by atoms with van der Waals surface area (Å²) in [5.74, 6) is 0.465. The van der Waals surface area contributed by atoms with Crippen molar-refractivity contribution in [3.63, 3.8) is 0 Å². The van der Waals surface area contributed by atoms with Gasteiger partial charge >= 0.3 is 227 Å². The van der Waals surface area contributed by atoms with E-state index < -0.39 is 0 Å². The Balaban J connectivity index is 1.28. The van der Waals surface area contributed by atoms with Gasteiger partial charge in [-0.3, -0.25) is 0 Å². The van der Waals surface area contributed by atoms with Crippen molar-refractivity contribution in [3.05, 3.63) is 114 Å². The molecule has 0 saturated heterocycles. The molecule has 7 rings (SSSR count). The molecule has 4 nitrogen and oxygen atoms in total. The van der Waals surface area contributed by atoms with Gasteiger partial charge in [0, 0.05) is 0 Å². The van der Waals surface area contributed by atoms with Gasteiger partial charge in [0.15, 0.2) is 0 Å². The van der Waals surface area contributed by atoms with Gasteiger partial charge in [-0.25, -0.2) is 0 Å². The van der Waals surface area contributed by atoms with Crippen LogP contribution in [0.2, 0.25) is 0 Å². The van der Waals surface area contributed by atoms with E-state index in [2.05, 4.69) is 94.8 Å². The average molecular weight is 604 g/mol. The second-order valence-corrected chi connectivity index (χ2v) is 13.2. The number of hydrogen-bond donors (Lipinski definition) is 0. The SMILES string of the molecule is N#C/C(=C\c1ccc(N2c3ccccc3[Se]c3ccccc32)[se]1)c1ncc2c(ccc3ccccc32)n1. The Morgan fingerprint density at radius 1 is 0.784 bits per heavy atom. The van der Waals surface area contributed by atoms with E-state index in [0.717, 1.165) is 26.1 Å². The quantitative estimate of drug-likeness (QED) is 0.155. The molecule has 3 heterocycles. The molecule has 0 fully saturated rings. The molecule has 6 aromatic rings. The number of nitriles is 1. The fraction of sp³-hybridized carbons (Fsp3) is 0. The summed E-state index contributed by atoms with van der Waals surface area (Å²) in [7, 11) is 0. The second-order valence-electron chi connectivity index (χ2n) is 8.63. The zero-order valence-corrected chi connectivity index (χ0v) is 22.9. The van der Waals surface area contributed by atoms with Gasteiger partial charge in [0.1, 0.15) is 0 Å². The van der Waals surface area contributed by atoms with Gasteiger partial charge in [-0.1, -0.05) is 0 Å². The Kier molecular flexibility index (Phi) is 5.51. The molecule has 1 aliphatic rings. The van der Waals surface area contributed by atoms with E-state index in [1.165, 1.54) is 24.9 Å². The van der Waals surface area contributed by atoms with Gasteiger partial charge in [-0.15, -0.1) is 0 Å². The third kappa shape index (κ3) is 3.90. The monoisotopic (exact) mass is 606 g/mol. The number of benzene rings is 4. The summed E-state index contributed by atoms with van der Waals surface area (Å²) in [6.07, 6.45) is 3.80. The van der Waals surface area contributed by atoms with Crippen LogP contribution in [0.4, 0.5) is 15.9 Å². The van der Waals surface area contributed by atoms with Crippen molar-refractivity contribution in [1.82, 2.24) is 9.97 Å². The van der Waals surface area contributed by atoms with E-state index in [1.807, 2.05) is 30.5 Å². The summed E-state index contributed by atoms with van der Waals surface area (Å²) in [6.45, 7) is 0. The van der Waals surface area contributed by atoms with Crippen LogP contribution in [0.15, 0.2) is 103 Å². The summed E-state index contributed by atoms with van der Waals surface area (Å²) in [4.78, 5) is 11.8. The molecule has 6 heteroatoms. The van der Waals surface area contributed by atoms with Gasteiger partial charge in [0.25, 0.3) is 0 Å². The third-order valence-corrected chi connectivity index (χ3v) is 10.9. The zero-order chi connectivity index (χ0) is 24.8. The van der Waals surface area contributed by atoms with E-state index >= 15 is 0 Å². The summed E-state index contributed by atoms with van der Waals surface area (Å²) in [5.41, 5.74) is 3.86. The van der Waals surface area contributed by atoms with Crippen LogP contribution in [0.1, 0.15) is 10.3 Å². The molecule has 0 aliphatic carbocycles. The van der Waals surface area contributed by atoms with E-state index in [0.29, 0.717) is 26.4 Å². The van der Waals surface area contributed by atoms with Crippen molar-refractivity contribution in [2.75, 3.05) is 4.90 Å². The first-order valence-electron chi connectivity index (χ1n) is 11.8. The van der Waals surface area contributed by atoms with E-state index in [4.69, 9.17) is 4.98 Å². The molecular formula is C31H18N4Se2. The van der Waals surface area contributed by atoms with Crippen molar-refractivity contribution in [1.29, 1.82) is 5.26 Å². The average Bonchev–Trinajstić information content (AvgIpc) is 3.42. The molecule has 0 saturated carbocycles. The molecule has 0 radical (unpaired) electrons. The normalized spacial score (nSPS) is 12.8. The van der Waals surface area contributed by atoms with E-state index in [-0.39, 0.29) is 14.5 Å². The Labute approximate surface area is 226 Å². The van der Waals surface area contributed by atoms with Gasteiger partial charge in [0.2, 0.25) is 0 Å². The van der Waals surface area contributed by atoms with Crippen LogP contribution in [0.3, 0.4) is 0 Å². The zero-order valence-electron chi connectivity index (χ0n) is 19.5.